The molecule has 0 spiro atoms. The van der Waals surface area contributed by atoms with E-state index in [9.17, 15) is 4.79 Å². The van der Waals surface area contributed by atoms with E-state index in [2.05, 4.69) is 19.1 Å². The fraction of sp³-hybridized carbons (Fsp3) is 0.476. The third-order valence-corrected chi connectivity index (χ3v) is 3.48. The average Bonchev–Trinajstić information content (AvgIpc) is 2.54. The fourth-order valence-corrected chi connectivity index (χ4v) is 2.05. The Morgan fingerprint density at radius 2 is 1.35 bits per heavy atom. The lowest BCUT2D eigenvalue weighted by atomic mass is 10.1. The fourth-order valence-electron chi connectivity index (χ4n) is 2.05. The van der Waals surface area contributed by atoms with Gasteiger partial charge in [-0.1, -0.05) is 101 Å². The highest BCUT2D eigenvalue weighted by atomic mass is 16.4. The molecule has 0 fully saturated rings. The van der Waals surface area contributed by atoms with Crippen LogP contribution in [-0.4, -0.2) is 11.1 Å². The van der Waals surface area contributed by atoms with Crippen LogP contribution in [0.25, 0.3) is 0 Å². The molecule has 23 heavy (non-hydrogen) atoms. The molecule has 2 nitrogen and oxygen atoms in total. The molecule has 0 saturated carbocycles. The summed E-state index contributed by atoms with van der Waals surface area (Å²) in [6, 6.07) is 0. The Balaban J connectivity index is 3.76. The van der Waals surface area contributed by atoms with Crippen molar-refractivity contribution < 1.29 is 9.90 Å². The predicted octanol–water partition coefficient (Wildman–Crippen LogP) is 6.38. The second-order valence-electron chi connectivity index (χ2n) is 5.49. The second-order valence-corrected chi connectivity index (χ2v) is 5.49. The van der Waals surface area contributed by atoms with Gasteiger partial charge < -0.3 is 5.11 Å². The summed E-state index contributed by atoms with van der Waals surface area (Å²) >= 11 is 0. The van der Waals surface area contributed by atoms with Gasteiger partial charge in [0.2, 0.25) is 0 Å². The van der Waals surface area contributed by atoms with Crippen molar-refractivity contribution in [3.05, 3.63) is 60.3 Å². The van der Waals surface area contributed by atoms with Crippen molar-refractivity contribution in [3.63, 3.8) is 0 Å². The molecule has 0 rings (SSSR count). The quantitative estimate of drug-likeness (QED) is 0.243. The molecular weight excluding hydrogens is 284 g/mol. The molecule has 0 aromatic rings. The SMILES string of the molecule is CCCCCCCC/C=C/C=C/C=C/C=C/C=C(\CC)C(=O)O. The Kier molecular flexibility index (Phi) is 15.2. The summed E-state index contributed by atoms with van der Waals surface area (Å²) in [4.78, 5) is 10.8. The Hall–Kier alpha value is -1.83. The number of carboxylic acids is 1. The minimum absolute atomic E-state index is 0.419. The zero-order chi connectivity index (χ0) is 17.2. The van der Waals surface area contributed by atoms with E-state index in [1.807, 2.05) is 37.3 Å². The monoisotopic (exact) mass is 316 g/mol. The number of unbranched alkanes of at least 4 members (excludes halogenated alkanes) is 6. The first-order valence-corrected chi connectivity index (χ1v) is 8.81. The van der Waals surface area contributed by atoms with Crippen LogP contribution in [0.15, 0.2) is 60.3 Å². The number of allylic oxidation sites excluding steroid dienone is 9. The molecule has 0 saturated heterocycles. The molecule has 0 bridgehead atoms. The molecule has 128 valence electrons. The van der Waals surface area contributed by atoms with E-state index in [0.717, 1.165) is 6.42 Å². The molecule has 0 aliphatic rings. The molecule has 0 radical (unpaired) electrons. The van der Waals surface area contributed by atoms with Gasteiger partial charge in [-0.25, -0.2) is 4.79 Å². The maximum atomic E-state index is 10.8. The molecule has 0 unspecified atom stereocenters. The van der Waals surface area contributed by atoms with Crippen LogP contribution in [0.1, 0.15) is 65.2 Å². The topological polar surface area (TPSA) is 37.3 Å². The number of rotatable bonds is 13. The summed E-state index contributed by atoms with van der Waals surface area (Å²) in [5.41, 5.74) is 0.419. The normalized spacial score (nSPS) is 13.2. The summed E-state index contributed by atoms with van der Waals surface area (Å²) in [5.74, 6) is -0.850. The van der Waals surface area contributed by atoms with Crippen molar-refractivity contribution in [3.8, 4) is 0 Å². The van der Waals surface area contributed by atoms with Gasteiger partial charge >= 0.3 is 5.97 Å². The minimum atomic E-state index is -0.850. The van der Waals surface area contributed by atoms with Crippen LogP contribution < -0.4 is 0 Å². The van der Waals surface area contributed by atoms with E-state index in [1.165, 1.54) is 38.5 Å². The van der Waals surface area contributed by atoms with E-state index >= 15 is 0 Å². The summed E-state index contributed by atoms with van der Waals surface area (Å²) in [6.45, 7) is 4.08. The molecule has 0 aromatic carbocycles. The number of hydrogen-bond donors (Lipinski definition) is 1. The Morgan fingerprint density at radius 1 is 0.783 bits per heavy atom. The summed E-state index contributed by atoms with van der Waals surface area (Å²) < 4.78 is 0. The van der Waals surface area contributed by atoms with Crippen LogP contribution in [0.2, 0.25) is 0 Å². The van der Waals surface area contributed by atoms with E-state index < -0.39 is 5.97 Å². The van der Waals surface area contributed by atoms with Crippen molar-refractivity contribution >= 4 is 5.97 Å². The first kappa shape index (κ1) is 21.2. The van der Waals surface area contributed by atoms with E-state index in [4.69, 9.17) is 5.11 Å². The number of hydrogen-bond acceptors (Lipinski definition) is 1. The molecule has 2 heteroatoms. The predicted molar refractivity (Wildman–Crippen MR) is 101 cm³/mol. The Morgan fingerprint density at radius 3 is 1.96 bits per heavy atom. The molecule has 0 atom stereocenters. The highest BCUT2D eigenvalue weighted by molar-refractivity contribution is 5.86. The summed E-state index contributed by atoms with van der Waals surface area (Å²) in [5, 5.41) is 8.85. The van der Waals surface area contributed by atoms with Crippen molar-refractivity contribution in [1.29, 1.82) is 0 Å². The van der Waals surface area contributed by atoms with Crippen molar-refractivity contribution in [2.45, 2.75) is 65.2 Å². The molecule has 0 amide bonds. The van der Waals surface area contributed by atoms with Crippen LogP contribution in [-0.2, 0) is 4.79 Å². The highest BCUT2D eigenvalue weighted by Gasteiger charge is 2.00. The number of carbonyl (C=O) groups is 1. The lowest BCUT2D eigenvalue weighted by molar-refractivity contribution is -0.132. The van der Waals surface area contributed by atoms with Gasteiger partial charge in [0, 0.05) is 5.57 Å². The largest absolute Gasteiger partial charge is 0.478 e. The van der Waals surface area contributed by atoms with Gasteiger partial charge in [-0.05, 0) is 19.3 Å². The highest BCUT2D eigenvalue weighted by Crippen LogP contribution is 2.07. The van der Waals surface area contributed by atoms with Gasteiger partial charge in [0.15, 0.2) is 0 Å². The molecule has 0 heterocycles. The Bertz CT molecular complexity index is 437. The summed E-state index contributed by atoms with van der Waals surface area (Å²) in [6.07, 6.45) is 27.1. The van der Waals surface area contributed by atoms with Gasteiger partial charge in [0.1, 0.15) is 0 Å². The van der Waals surface area contributed by atoms with E-state index in [0.29, 0.717) is 12.0 Å². The Labute approximate surface area is 142 Å². The zero-order valence-corrected chi connectivity index (χ0v) is 14.7. The first-order chi connectivity index (χ1) is 11.2. The third-order valence-electron chi connectivity index (χ3n) is 3.48. The van der Waals surface area contributed by atoms with Gasteiger partial charge in [0.05, 0.1) is 0 Å². The number of carboxylic acid groups (broad SMARTS) is 1. The lowest BCUT2D eigenvalue weighted by Crippen LogP contribution is -1.97. The second kappa shape index (κ2) is 16.5. The van der Waals surface area contributed by atoms with Crippen LogP contribution in [0, 0.1) is 0 Å². The molecule has 0 aromatic heterocycles. The molecule has 0 aliphatic heterocycles. The molecule has 0 aliphatic carbocycles. The smallest absolute Gasteiger partial charge is 0.331 e. The van der Waals surface area contributed by atoms with Crippen LogP contribution >= 0.6 is 0 Å². The zero-order valence-electron chi connectivity index (χ0n) is 14.7. The third kappa shape index (κ3) is 14.9. The van der Waals surface area contributed by atoms with Gasteiger partial charge in [-0.15, -0.1) is 0 Å². The molecular formula is C21H32O2. The first-order valence-electron chi connectivity index (χ1n) is 8.81. The van der Waals surface area contributed by atoms with Gasteiger partial charge in [0.25, 0.3) is 0 Å². The van der Waals surface area contributed by atoms with Gasteiger partial charge in [-0.2, -0.15) is 0 Å². The van der Waals surface area contributed by atoms with Crippen LogP contribution in [0.4, 0.5) is 0 Å². The van der Waals surface area contributed by atoms with Crippen molar-refractivity contribution in [1.82, 2.24) is 0 Å². The lowest BCUT2D eigenvalue weighted by Gasteiger charge is -1.97. The van der Waals surface area contributed by atoms with Crippen molar-refractivity contribution in [2.24, 2.45) is 0 Å². The minimum Gasteiger partial charge on any atom is -0.478 e. The van der Waals surface area contributed by atoms with Gasteiger partial charge in [-0.3, -0.25) is 0 Å². The number of aliphatic carboxylic acids is 1. The van der Waals surface area contributed by atoms with Crippen molar-refractivity contribution in [2.75, 3.05) is 0 Å². The van der Waals surface area contributed by atoms with E-state index in [-0.39, 0.29) is 0 Å². The van der Waals surface area contributed by atoms with Crippen LogP contribution in [0.3, 0.4) is 0 Å². The maximum Gasteiger partial charge on any atom is 0.331 e. The average molecular weight is 316 g/mol. The maximum absolute atomic E-state index is 10.8. The molecule has 1 N–H and O–H groups in total. The summed E-state index contributed by atoms with van der Waals surface area (Å²) in [7, 11) is 0. The standard InChI is InChI=1S/C21H32O2/c1-3-5-6-7-8-9-10-11-12-13-14-15-16-17-18-19-20(4-2)21(22)23/h11-19H,3-10H2,1-2H3,(H,22,23)/b12-11+,14-13+,16-15+,18-17+,20-19+. The van der Waals surface area contributed by atoms with E-state index in [1.54, 1.807) is 12.2 Å². The van der Waals surface area contributed by atoms with Crippen LogP contribution in [0.5, 0.6) is 0 Å².